The van der Waals surface area contributed by atoms with Gasteiger partial charge in [0, 0.05) is 11.1 Å². The normalized spacial score (nSPS) is 11.5. The second kappa shape index (κ2) is 4.85. The number of phenols is 1. The number of rotatable bonds is 2. The third-order valence-electron chi connectivity index (χ3n) is 1.97. The minimum atomic E-state index is -4.48. The summed E-state index contributed by atoms with van der Waals surface area (Å²) in [5, 5.41) is 9.09. The van der Waals surface area contributed by atoms with Crippen molar-refractivity contribution in [3.05, 3.63) is 42.2 Å². The number of alkyl halides is 3. The quantitative estimate of drug-likeness (QED) is 0.851. The van der Waals surface area contributed by atoms with Gasteiger partial charge in [0.15, 0.2) is 5.16 Å². The summed E-state index contributed by atoms with van der Waals surface area (Å²) >= 11 is 0.993. The highest BCUT2D eigenvalue weighted by Gasteiger charge is 2.32. The summed E-state index contributed by atoms with van der Waals surface area (Å²) in [6, 6.07) is 6.85. The molecule has 3 nitrogen and oxygen atoms in total. The molecule has 0 bridgehead atoms. The van der Waals surface area contributed by atoms with Crippen molar-refractivity contribution < 1.29 is 18.3 Å². The van der Waals surface area contributed by atoms with Crippen LogP contribution in [0.25, 0.3) is 0 Å². The van der Waals surface area contributed by atoms with Crippen LogP contribution in [0, 0.1) is 0 Å². The highest BCUT2D eigenvalue weighted by atomic mass is 32.2. The predicted octanol–water partition coefficient (Wildman–Crippen LogP) is 3.35. The van der Waals surface area contributed by atoms with Gasteiger partial charge in [-0.05, 0) is 42.1 Å². The fraction of sp³-hybridized carbons (Fsp3) is 0.0909. The molecule has 0 aliphatic heterocycles. The molecule has 94 valence electrons. The molecule has 0 fully saturated rings. The van der Waals surface area contributed by atoms with E-state index in [9.17, 15) is 13.2 Å². The summed E-state index contributed by atoms with van der Waals surface area (Å²) in [5.41, 5.74) is -0.973. The molecule has 2 rings (SSSR count). The third-order valence-corrected chi connectivity index (χ3v) is 2.86. The van der Waals surface area contributed by atoms with E-state index in [1.165, 1.54) is 12.1 Å². The number of hydrogen-bond donors (Lipinski definition) is 1. The van der Waals surface area contributed by atoms with E-state index >= 15 is 0 Å². The molecule has 0 radical (unpaired) electrons. The van der Waals surface area contributed by atoms with E-state index in [4.69, 9.17) is 5.11 Å². The summed E-state index contributed by atoms with van der Waals surface area (Å²) in [4.78, 5) is 7.83. The molecule has 0 unspecified atom stereocenters. The number of benzene rings is 1. The summed E-state index contributed by atoms with van der Waals surface area (Å²) in [6.45, 7) is 0. The van der Waals surface area contributed by atoms with Gasteiger partial charge in [-0.3, -0.25) is 0 Å². The van der Waals surface area contributed by atoms with Gasteiger partial charge < -0.3 is 5.11 Å². The maximum Gasteiger partial charge on any atom is 0.433 e. The monoisotopic (exact) mass is 272 g/mol. The Hall–Kier alpha value is -1.76. The molecule has 1 heterocycles. The van der Waals surface area contributed by atoms with Crippen LogP contribution in [0.4, 0.5) is 13.2 Å². The van der Waals surface area contributed by atoms with Gasteiger partial charge in [0.1, 0.15) is 11.4 Å². The van der Waals surface area contributed by atoms with Crippen molar-refractivity contribution >= 4 is 11.8 Å². The highest BCUT2D eigenvalue weighted by molar-refractivity contribution is 7.99. The van der Waals surface area contributed by atoms with E-state index in [1.54, 1.807) is 12.1 Å². The SMILES string of the molecule is Oc1ccc(Sc2nccc(C(F)(F)F)n2)cc1. The number of halogens is 3. The van der Waals surface area contributed by atoms with E-state index in [-0.39, 0.29) is 10.9 Å². The number of phenolic OH excluding ortho intramolecular Hbond substituents is 1. The maximum atomic E-state index is 12.4. The standard InChI is InChI=1S/C11H7F3N2OS/c12-11(13,14)9-5-6-15-10(16-9)18-8-3-1-7(17)2-4-8/h1-6,17H. The zero-order valence-corrected chi connectivity index (χ0v) is 9.66. The molecule has 0 saturated heterocycles. The molecule has 0 aliphatic rings. The molecule has 1 aromatic carbocycles. The molecule has 18 heavy (non-hydrogen) atoms. The molecule has 1 N–H and O–H groups in total. The smallest absolute Gasteiger partial charge is 0.433 e. The van der Waals surface area contributed by atoms with Crippen LogP contribution in [0.2, 0.25) is 0 Å². The average Bonchev–Trinajstić information content (AvgIpc) is 2.31. The van der Waals surface area contributed by atoms with Gasteiger partial charge >= 0.3 is 6.18 Å². The van der Waals surface area contributed by atoms with E-state index in [0.717, 1.165) is 24.0 Å². The Morgan fingerprint density at radius 3 is 2.33 bits per heavy atom. The number of aromatic hydroxyl groups is 1. The minimum absolute atomic E-state index is 0.00974. The van der Waals surface area contributed by atoms with Crippen molar-refractivity contribution in [3.8, 4) is 5.75 Å². The van der Waals surface area contributed by atoms with Crippen LogP contribution in [0.5, 0.6) is 5.75 Å². The van der Waals surface area contributed by atoms with Gasteiger partial charge in [0.2, 0.25) is 0 Å². The first-order valence-corrected chi connectivity index (χ1v) is 5.64. The van der Waals surface area contributed by atoms with E-state index in [1.807, 2.05) is 0 Å². The van der Waals surface area contributed by atoms with Crippen LogP contribution in [-0.4, -0.2) is 15.1 Å². The van der Waals surface area contributed by atoms with Gasteiger partial charge in [0.25, 0.3) is 0 Å². The third kappa shape index (κ3) is 3.13. The Morgan fingerprint density at radius 1 is 1.06 bits per heavy atom. The topological polar surface area (TPSA) is 46.0 Å². The Bertz CT molecular complexity index is 543. The van der Waals surface area contributed by atoms with Crippen LogP contribution < -0.4 is 0 Å². The van der Waals surface area contributed by atoms with Crippen molar-refractivity contribution in [3.63, 3.8) is 0 Å². The zero-order chi connectivity index (χ0) is 13.2. The molecule has 0 aliphatic carbocycles. The van der Waals surface area contributed by atoms with E-state index < -0.39 is 11.9 Å². The van der Waals surface area contributed by atoms with Crippen molar-refractivity contribution in [2.75, 3.05) is 0 Å². The zero-order valence-electron chi connectivity index (χ0n) is 8.85. The van der Waals surface area contributed by atoms with Crippen molar-refractivity contribution in [1.29, 1.82) is 0 Å². The van der Waals surface area contributed by atoms with Gasteiger partial charge in [-0.15, -0.1) is 0 Å². The molecule has 1 aromatic heterocycles. The number of nitrogens with zero attached hydrogens (tertiary/aromatic N) is 2. The minimum Gasteiger partial charge on any atom is -0.508 e. The summed E-state index contributed by atoms with van der Waals surface area (Å²) in [5.74, 6) is 0.0873. The van der Waals surface area contributed by atoms with Gasteiger partial charge in [-0.25, -0.2) is 9.97 Å². The van der Waals surface area contributed by atoms with Gasteiger partial charge in [-0.2, -0.15) is 13.2 Å². The Balaban J connectivity index is 2.22. The highest BCUT2D eigenvalue weighted by Crippen LogP contribution is 2.30. The molecule has 0 atom stereocenters. The Labute approximate surface area is 105 Å². The second-order valence-corrected chi connectivity index (χ2v) is 4.36. The lowest BCUT2D eigenvalue weighted by Gasteiger charge is -2.06. The average molecular weight is 272 g/mol. The number of aromatic nitrogens is 2. The predicted molar refractivity (Wildman–Crippen MR) is 59.3 cm³/mol. The lowest BCUT2D eigenvalue weighted by Crippen LogP contribution is -2.08. The van der Waals surface area contributed by atoms with E-state index in [0.29, 0.717) is 4.90 Å². The lowest BCUT2D eigenvalue weighted by molar-refractivity contribution is -0.141. The largest absolute Gasteiger partial charge is 0.508 e. The van der Waals surface area contributed by atoms with Crippen LogP contribution in [0.3, 0.4) is 0 Å². The summed E-state index contributed by atoms with van der Waals surface area (Å²) in [7, 11) is 0. The molecule has 7 heteroatoms. The summed E-state index contributed by atoms with van der Waals surface area (Å²) < 4.78 is 37.3. The van der Waals surface area contributed by atoms with Crippen LogP contribution in [0.1, 0.15) is 5.69 Å². The fourth-order valence-electron chi connectivity index (χ4n) is 1.17. The maximum absolute atomic E-state index is 12.4. The van der Waals surface area contributed by atoms with Crippen molar-refractivity contribution in [2.24, 2.45) is 0 Å². The fourth-order valence-corrected chi connectivity index (χ4v) is 1.91. The number of hydrogen-bond acceptors (Lipinski definition) is 4. The Kier molecular flexibility index (Phi) is 3.42. The summed E-state index contributed by atoms with van der Waals surface area (Å²) in [6.07, 6.45) is -3.41. The van der Waals surface area contributed by atoms with Gasteiger partial charge in [0.05, 0.1) is 0 Å². The first-order valence-electron chi connectivity index (χ1n) is 4.82. The molecular weight excluding hydrogens is 265 g/mol. The van der Waals surface area contributed by atoms with Crippen molar-refractivity contribution in [1.82, 2.24) is 9.97 Å². The molecule has 0 amide bonds. The molecule has 0 saturated carbocycles. The molecular formula is C11H7F3N2OS. The van der Waals surface area contributed by atoms with Crippen LogP contribution in [0.15, 0.2) is 46.6 Å². The van der Waals surface area contributed by atoms with Crippen molar-refractivity contribution in [2.45, 2.75) is 16.2 Å². The van der Waals surface area contributed by atoms with Crippen LogP contribution >= 0.6 is 11.8 Å². The first kappa shape index (κ1) is 12.7. The van der Waals surface area contributed by atoms with Crippen LogP contribution in [-0.2, 0) is 6.18 Å². The second-order valence-electron chi connectivity index (χ2n) is 3.32. The lowest BCUT2D eigenvalue weighted by atomic mass is 10.3. The van der Waals surface area contributed by atoms with Gasteiger partial charge in [-0.1, -0.05) is 0 Å². The Morgan fingerprint density at radius 2 is 1.72 bits per heavy atom. The molecule has 2 aromatic rings. The first-order chi connectivity index (χ1) is 8.45. The van der Waals surface area contributed by atoms with E-state index in [2.05, 4.69) is 9.97 Å². The molecule has 0 spiro atoms.